The summed E-state index contributed by atoms with van der Waals surface area (Å²) in [6.07, 6.45) is 0.206. The number of thioether (sulfide) groups is 1. The van der Waals surface area contributed by atoms with Gasteiger partial charge in [-0.15, -0.1) is 0 Å². The Labute approximate surface area is 211 Å². The number of hydrogen-bond donors (Lipinski definition) is 1. The SMILES string of the molecule is CCOC(=O)C1=C(c2ccccc2)N=C2SC=C(CC(=O)NCC(C)C)N2C1c1cccc(C)c1. The summed E-state index contributed by atoms with van der Waals surface area (Å²) in [5.74, 6) is -0.0868. The van der Waals surface area contributed by atoms with Crippen LogP contribution in [0.25, 0.3) is 5.70 Å². The number of aliphatic imine (C=N–C) groups is 1. The van der Waals surface area contributed by atoms with Crippen LogP contribution in [0, 0.1) is 12.8 Å². The Balaban J connectivity index is 1.83. The van der Waals surface area contributed by atoms with E-state index in [1.165, 1.54) is 11.8 Å². The molecule has 0 saturated carbocycles. The summed E-state index contributed by atoms with van der Waals surface area (Å²) in [5.41, 5.74) is 4.78. The van der Waals surface area contributed by atoms with Crippen molar-refractivity contribution >= 4 is 34.5 Å². The Bertz CT molecular complexity index is 1200. The first-order chi connectivity index (χ1) is 16.9. The second-order valence-electron chi connectivity index (χ2n) is 9.03. The van der Waals surface area contributed by atoms with Crippen molar-refractivity contribution in [3.63, 3.8) is 0 Å². The minimum Gasteiger partial charge on any atom is -0.463 e. The molecule has 2 aliphatic rings. The fraction of sp³-hybridized carbons (Fsp3) is 0.321. The van der Waals surface area contributed by atoms with Crippen LogP contribution in [0.2, 0.25) is 0 Å². The van der Waals surface area contributed by atoms with Crippen molar-refractivity contribution in [2.24, 2.45) is 10.9 Å². The Morgan fingerprint density at radius 3 is 2.60 bits per heavy atom. The van der Waals surface area contributed by atoms with Crippen molar-refractivity contribution in [3.05, 3.63) is 88.0 Å². The first kappa shape index (κ1) is 24.8. The van der Waals surface area contributed by atoms with Gasteiger partial charge in [-0.3, -0.25) is 4.79 Å². The van der Waals surface area contributed by atoms with Gasteiger partial charge in [0, 0.05) is 17.8 Å². The van der Waals surface area contributed by atoms with Gasteiger partial charge >= 0.3 is 5.97 Å². The quantitative estimate of drug-likeness (QED) is 0.501. The van der Waals surface area contributed by atoms with Crippen molar-refractivity contribution in [1.29, 1.82) is 0 Å². The normalized spacial score (nSPS) is 17.2. The zero-order chi connectivity index (χ0) is 24.9. The molecule has 0 spiro atoms. The second-order valence-corrected chi connectivity index (χ2v) is 9.87. The van der Waals surface area contributed by atoms with Gasteiger partial charge in [0.1, 0.15) is 0 Å². The van der Waals surface area contributed by atoms with Crippen molar-refractivity contribution < 1.29 is 14.3 Å². The van der Waals surface area contributed by atoms with E-state index in [0.717, 1.165) is 27.6 Å². The summed E-state index contributed by atoms with van der Waals surface area (Å²) >= 11 is 1.48. The van der Waals surface area contributed by atoms with Crippen LogP contribution in [0.3, 0.4) is 0 Å². The molecule has 1 amide bonds. The highest BCUT2D eigenvalue weighted by molar-refractivity contribution is 8.16. The predicted molar refractivity (Wildman–Crippen MR) is 141 cm³/mol. The van der Waals surface area contributed by atoms with E-state index in [1.54, 1.807) is 6.92 Å². The average Bonchev–Trinajstić information content (AvgIpc) is 3.24. The molecule has 4 rings (SSSR count). The number of hydrogen-bond acceptors (Lipinski definition) is 6. The summed E-state index contributed by atoms with van der Waals surface area (Å²) in [5, 5.41) is 5.71. The number of rotatable bonds is 8. The Hall–Kier alpha value is -3.32. The molecule has 35 heavy (non-hydrogen) atoms. The third kappa shape index (κ3) is 5.51. The molecule has 2 aromatic rings. The van der Waals surface area contributed by atoms with Crippen molar-refractivity contribution in [2.75, 3.05) is 13.2 Å². The number of amidine groups is 1. The van der Waals surface area contributed by atoms with Crippen molar-refractivity contribution in [1.82, 2.24) is 10.2 Å². The smallest absolute Gasteiger partial charge is 0.338 e. The molecule has 1 unspecified atom stereocenters. The number of fused-ring (bicyclic) bond motifs is 1. The van der Waals surface area contributed by atoms with Crippen molar-refractivity contribution in [3.8, 4) is 0 Å². The number of aryl methyl sites for hydroxylation is 1. The molecule has 2 heterocycles. The molecule has 0 radical (unpaired) electrons. The van der Waals surface area contributed by atoms with Crippen LogP contribution >= 0.6 is 11.8 Å². The Morgan fingerprint density at radius 2 is 1.91 bits per heavy atom. The van der Waals surface area contributed by atoms with Crippen LogP contribution in [-0.4, -0.2) is 35.1 Å². The summed E-state index contributed by atoms with van der Waals surface area (Å²) in [4.78, 5) is 33.2. The lowest BCUT2D eigenvalue weighted by Gasteiger charge is -2.37. The maximum absolute atomic E-state index is 13.5. The lowest BCUT2D eigenvalue weighted by atomic mass is 9.90. The van der Waals surface area contributed by atoms with Crippen LogP contribution in [0.1, 0.15) is 49.9 Å². The minimum absolute atomic E-state index is 0.0506. The Kier molecular flexibility index (Phi) is 7.76. The van der Waals surface area contributed by atoms with Crippen molar-refractivity contribution in [2.45, 2.75) is 40.2 Å². The van der Waals surface area contributed by atoms with Crippen LogP contribution in [0.5, 0.6) is 0 Å². The zero-order valence-corrected chi connectivity index (χ0v) is 21.4. The number of ether oxygens (including phenoxy) is 1. The van der Waals surface area contributed by atoms with Gasteiger partial charge in [0.05, 0.1) is 30.3 Å². The zero-order valence-electron chi connectivity index (χ0n) is 20.6. The molecule has 0 aliphatic carbocycles. The molecular weight excluding hydrogens is 458 g/mol. The molecule has 0 saturated heterocycles. The van der Waals surface area contributed by atoms with Gasteiger partial charge in [-0.2, -0.15) is 0 Å². The third-order valence-electron chi connectivity index (χ3n) is 5.76. The maximum Gasteiger partial charge on any atom is 0.338 e. The monoisotopic (exact) mass is 489 g/mol. The van der Waals surface area contributed by atoms with Gasteiger partial charge < -0.3 is 15.0 Å². The first-order valence-corrected chi connectivity index (χ1v) is 12.8. The van der Waals surface area contributed by atoms with E-state index in [1.807, 2.05) is 65.8 Å². The molecule has 1 atom stereocenters. The van der Waals surface area contributed by atoms with E-state index in [9.17, 15) is 9.59 Å². The van der Waals surface area contributed by atoms with E-state index >= 15 is 0 Å². The van der Waals surface area contributed by atoms with Gasteiger partial charge in [0.2, 0.25) is 5.91 Å². The number of nitrogens with one attached hydrogen (secondary N) is 1. The van der Waals surface area contributed by atoms with E-state index in [4.69, 9.17) is 9.73 Å². The van der Waals surface area contributed by atoms with E-state index < -0.39 is 12.0 Å². The second kappa shape index (κ2) is 11.0. The fourth-order valence-corrected chi connectivity index (χ4v) is 5.11. The molecule has 0 fully saturated rings. The number of carbonyl (C=O) groups excluding carboxylic acids is 2. The predicted octanol–water partition coefficient (Wildman–Crippen LogP) is 5.43. The molecule has 6 nitrogen and oxygen atoms in total. The average molecular weight is 490 g/mol. The first-order valence-electron chi connectivity index (χ1n) is 11.9. The molecule has 2 aromatic carbocycles. The number of amides is 1. The third-order valence-corrected chi connectivity index (χ3v) is 6.65. The highest BCUT2D eigenvalue weighted by Crippen LogP contribution is 2.47. The lowest BCUT2D eigenvalue weighted by molar-refractivity contribution is -0.139. The molecule has 182 valence electrons. The molecule has 7 heteroatoms. The molecule has 0 aromatic heterocycles. The molecule has 0 bridgehead atoms. The van der Waals surface area contributed by atoms with Gasteiger partial charge in [-0.05, 0) is 30.7 Å². The van der Waals surface area contributed by atoms with Gasteiger partial charge in [-0.1, -0.05) is 85.8 Å². The molecule has 2 aliphatic heterocycles. The van der Waals surface area contributed by atoms with Crippen LogP contribution in [-0.2, 0) is 14.3 Å². The highest BCUT2D eigenvalue weighted by Gasteiger charge is 2.42. The topological polar surface area (TPSA) is 71.0 Å². The van der Waals surface area contributed by atoms with E-state index in [-0.39, 0.29) is 18.9 Å². The minimum atomic E-state index is -0.462. The molecule has 1 N–H and O–H groups in total. The van der Waals surface area contributed by atoms with Crippen LogP contribution in [0.15, 0.2) is 76.3 Å². The number of esters is 1. The summed E-state index contributed by atoms with van der Waals surface area (Å²) in [6, 6.07) is 17.4. The van der Waals surface area contributed by atoms with Gasteiger partial charge in [0.15, 0.2) is 5.17 Å². The number of carbonyl (C=O) groups is 2. The van der Waals surface area contributed by atoms with Gasteiger partial charge in [0.25, 0.3) is 0 Å². The van der Waals surface area contributed by atoms with E-state index in [0.29, 0.717) is 23.7 Å². The summed E-state index contributed by atoms with van der Waals surface area (Å²) in [7, 11) is 0. The fourth-order valence-electron chi connectivity index (χ4n) is 4.19. The van der Waals surface area contributed by atoms with Crippen LogP contribution in [0.4, 0.5) is 0 Å². The van der Waals surface area contributed by atoms with Crippen LogP contribution < -0.4 is 5.32 Å². The Morgan fingerprint density at radius 1 is 1.14 bits per heavy atom. The summed E-state index contributed by atoms with van der Waals surface area (Å²) in [6.45, 7) is 8.84. The summed E-state index contributed by atoms with van der Waals surface area (Å²) < 4.78 is 5.55. The highest BCUT2D eigenvalue weighted by atomic mass is 32.2. The molecular formula is C28H31N3O3S. The van der Waals surface area contributed by atoms with E-state index in [2.05, 4.69) is 25.2 Å². The largest absolute Gasteiger partial charge is 0.463 e. The lowest BCUT2D eigenvalue weighted by Crippen LogP contribution is -2.38. The van der Waals surface area contributed by atoms with Gasteiger partial charge in [-0.25, -0.2) is 9.79 Å². The standard InChI is InChI=1S/C28H31N3O3S/c1-5-34-27(33)24-25(20-11-7-6-8-12-20)30-28-31(26(24)21-13-9-10-19(4)14-21)22(17-35-28)15-23(32)29-16-18(2)3/h6-14,17-18,26H,5,15-16H2,1-4H3,(H,29,32). The number of benzene rings is 2. The number of nitrogens with zero attached hydrogens (tertiary/aromatic N) is 2. The maximum atomic E-state index is 13.5.